The summed E-state index contributed by atoms with van der Waals surface area (Å²) in [6.45, 7) is 0.837. The van der Waals surface area contributed by atoms with Crippen molar-refractivity contribution in [1.82, 2.24) is 19.2 Å². The van der Waals surface area contributed by atoms with Gasteiger partial charge < -0.3 is 15.2 Å². The highest BCUT2D eigenvalue weighted by molar-refractivity contribution is 7.89. The van der Waals surface area contributed by atoms with Crippen molar-refractivity contribution in [2.75, 3.05) is 26.2 Å². The van der Waals surface area contributed by atoms with Crippen LogP contribution in [0.15, 0.2) is 47.9 Å². The summed E-state index contributed by atoms with van der Waals surface area (Å²) in [5, 5.41) is -0.113. The van der Waals surface area contributed by atoms with E-state index in [1.165, 1.54) is 17.1 Å². The third-order valence-corrected chi connectivity index (χ3v) is 4.92. The zero-order valence-electron chi connectivity index (χ0n) is 14.5. The highest BCUT2D eigenvalue weighted by Crippen LogP contribution is 2.05. The van der Waals surface area contributed by atoms with Crippen LogP contribution in [0.1, 0.15) is 5.56 Å². The molecule has 0 fully saturated rings. The molecule has 8 nitrogen and oxygen atoms in total. The van der Waals surface area contributed by atoms with Crippen LogP contribution in [0.5, 0.6) is 0 Å². The Morgan fingerprint density at radius 2 is 1.96 bits per heavy atom. The molecule has 0 unspecified atom stereocenters. The van der Waals surface area contributed by atoms with Crippen LogP contribution < -0.4 is 10.5 Å². The molecule has 0 saturated carbocycles. The predicted octanol–water partition coefficient (Wildman–Crippen LogP) is 0.150. The van der Waals surface area contributed by atoms with Crippen LogP contribution in [0.4, 0.5) is 0 Å². The highest BCUT2D eigenvalue weighted by Gasteiger charge is 2.20. The molecule has 0 radical (unpaired) electrons. The van der Waals surface area contributed by atoms with Crippen LogP contribution >= 0.6 is 12.4 Å². The van der Waals surface area contributed by atoms with Crippen molar-refractivity contribution >= 4 is 28.3 Å². The molecule has 0 aliphatic heterocycles. The van der Waals surface area contributed by atoms with E-state index < -0.39 is 10.0 Å². The Kier molecular flexibility index (Phi) is 8.73. The Bertz CT molecular complexity index is 795. The molecule has 1 amide bonds. The zero-order valence-corrected chi connectivity index (χ0v) is 16.2. The lowest BCUT2D eigenvalue weighted by Crippen LogP contribution is -2.43. The summed E-state index contributed by atoms with van der Waals surface area (Å²) < 4.78 is 28.1. The van der Waals surface area contributed by atoms with Crippen LogP contribution in [-0.4, -0.2) is 55.0 Å². The minimum Gasteiger partial charge on any atom is -0.340 e. The molecule has 2 aromatic rings. The number of aryl methyl sites for hydroxylation is 1. The molecule has 144 valence electrons. The van der Waals surface area contributed by atoms with E-state index in [1.807, 2.05) is 30.3 Å². The lowest BCUT2D eigenvalue weighted by atomic mass is 10.1. The van der Waals surface area contributed by atoms with Gasteiger partial charge in [0.25, 0.3) is 10.0 Å². The van der Waals surface area contributed by atoms with Crippen molar-refractivity contribution in [3.63, 3.8) is 0 Å². The van der Waals surface area contributed by atoms with Gasteiger partial charge in [-0.25, -0.2) is 18.1 Å². The Balaban J connectivity index is 0.00000338. The molecule has 1 aromatic carbocycles. The lowest BCUT2D eigenvalue weighted by Gasteiger charge is -2.22. The number of benzene rings is 1. The largest absolute Gasteiger partial charge is 0.340 e. The molecule has 0 spiro atoms. The van der Waals surface area contributed by atoms with E-state index in [-0.39, 0.29) is 29.9 Å². The average molecular weight is 402 g/mol. The number of hydrogen-bond acceptors (Lipinski definition) is 5. The van der Waals surface area contributed by atoms with E-state index in [9.17, 15) is 13.2 Å². The first kappa shape index (κ1) is 22.1. The fourth-order valence-electron chi connectivity index (χ4n) is 2.30. The van der Waals surface area contributed by atoms with Crippen LogP contribution in [-0.2, 0) is 28.3 Å². The van der Waals surface area contributed by atoms with E-state index in [0.29, 0.717) is 26.1 Å². The first-order chi connectivity index (χ1) is 11.9. The average Bonchev–Trinajstić information content (AvgIpc) is 3.05. The summed E-state index contributed by atoms with van der Waals surface area (Å²) in [6, 6.07) is 9.76. The molecular weight excluding hydrogens is 378 g/mol. The van der Waals surface area contributed by atoms with E-state index in [4.69, 9.17) is 5.73 Å². The standard InChI is InChI=1S/C16H23N5O3S.ClH/c1-20-12-15(18-13-20)25(23,24)19-11-16(22)21(10-8-17)9-7-14-5-3-2-4-6-14;/h2-6,12-13,19H,7-11,17H2,1H3;1H. The molecule has 0 atom stereocenters. The quantitative estimate of drug-likeness (QED) is 0.621. The summed E-state index contributed by atoms with van der Waals surface area (Å²) >= 11 is 0. The van der Waals surface area contributed by atoms with Gasteiger partial charge in [0.1, 0.15) is 0 Å². The number of amides is 1. The third kappa shape index (κ3) is 6.41. The number of carbonyl (C=O) groups is 1. The number of nitrogens with two attached hydrogens (primary N) is 1. The van der Waals surface area contributed by atoms with Crippen LogP contribution in [0.2, 0.25) is 0 Å². The fourth-order valence-corrected chi connectivity index (χ4v) is 3.25. The lowest BCUT2D eigenvalue weighted by molar-refractivity contribution is -0.129. The van der Waals surface area contributed by atoms with Gasteiger partial charge in [0.2, 0.25) is 5.91 Å². The molecule has 26 heavy (non-hydrogen) atoms. The van der Waals surface area contributed by atoms with Gasteiger partial charge >= 0.3 is 0 Å². The van der Waals surface area contributed by atoms with Gasteiger partial charge in [-0.3, -0.25) is 4.79 Å². The second-order valence-electron chi connectivity index (χ2n) is 5.61. The van der Waals surface area contributed by atoms with Crippen LogP contribution in [0.25, 0.3) is 0 Å². The first-order valence-electron chi connectivity index (χ1n) is 7.92. The molecule has 0 bridgehead atoms. The van der Waals surface area contributed by atoms with Gasteiger partial charge in [-0.1, -0.05) is 30.3 Å². The predicted molar refractivity (Wildman–Crippen MR) is 101 cm³/mol. The van der Waals surface area contributed by atoms with Crippen molar-refractivity contribution in [3.05, 3.63) is 48.4 Å². The van der Waals surface area contributed by atoms with Crippen molar-refractivity contribution < 1.29 is 13.2 Å². The van der Waals surface area contributed by atoms with E-state index >= 15 is 0 Å². The maximum atomic E-state index is 12.4. The van der Waals surface area contributed by atoms with Crippen molar-refractivity contribution in [3.8, 4) is 0 Å². The maximum absolute atomic E-state index is 12.4. The highest BCUT2D eigenvalue weighted by atomic mass is 35.5. The Morgan fingerprint density at radius 3 is 2.54 bits per heavy atom. The molecule has 0 aliphatic rings. The molecular formula is C16H24ClN5O3S. The van der Waals surface area contributed by atoms with Gasteiger partial charge in [-0.05, 0) is 12.0 Å². The number of nitrogens with one attached hydrogen (secondary N) is 1. The summed E-state index contributed by atoms with van der Waals surface area (Å²) in [7, 11) is -2.14. The van der Waals surface area contributed by atoms with Gasteiger partial charge in [0.15, 0.2) is 5.03 Å². The SMILES string of the molecule is Cl.Cn1cnc(S(=O)(=O)NCC(=O)N(CCN)CCc2ccccc2)c1. The van der Waals surface area contributed by atoms with E-state index in [2.05, 4.69) is 9.71 Å². The smallest absolute Gasteiger partial charge is 0.260 e. The normalized spacial score (nSPS) is 11.0. The zero-order chi connectivity index (χ0) is 18.3. The minimum absolute atomic E-state index is 0. The van der Waals surface area contributed by atoms with Gasteiger partial charge in [0.05, 0.1) is 12.9 Å². The molecule has 10 heteroatoms. The number of aromatic nitrogens is 2. The van der Waals surface area contributed by atoms with Crippen molar-refractivity contribution in [2.45, 2.75) is 11.4 Å². The first-order valence-corrected chi connectivity index (χ1v) is 9.40. The summed E-state index contributed by atoms with van der Waals surface area (Å²) in [4.78, 5) is 17.7. The second kappa shape index (κ2) is 10.3. The Hall–Kier alpha value is -1.94. The monoisotopic (exact) mass is 401 g/mol. The molecule has 0 saturated heterocycles. The van der Waals surface area contributed by atoms with Crippen molar-refractivity contribution in [2.24, 2.45) is 12.8 Å². The van der Waals surface area contributed by atoms with Gasteiger partial charge in [0, 0.05) is 32.9 Å². The molecule has 3 N–H and O–H groups in total. The number of rotatable bonds is 9. The second-order valence-corrected chi connectivity index (χ2v) is 7.32. The summed E-state index contributed by atoms with van der Waals surface area (Å²) in [5.74, 6) is -0.319. The molecule has 0 aliphatic carbocycles. The maximum Gasteiger partial charge on any atom is 0.260 e. The minimum atomic E-state index is -3.81. The number of nitrogens with zero attached hydrogens (tertiary/aromatic N) is 3. The fraction of sp³-hybridized carbons (Fsp3) is 0.375. The number of carbonyl (C=O) groups excluding carboxylic acids is 1. The molecule has 2 rings (SSSR count). The van der Waals surface area contributed by atoms with E-state index in [0.717, 1.165) is 5.56 Å². The third-order valence-electron chi connectivity index (χ3n) is 3.63. The summed E-state index contributed by atoms with van der Waals surface area (Å²) in [5.41, 5.74) is 6.67. The number of imidazole rings is 1. The van der Waals surface area contributed by atoms with Crippen LogP contribution in [0, 0.1) is 0 Å². The van der Waals surface area contributed by atoms with Crippen LogP contribution in [0.3, 0.4) is 0 Å². The van der Waals surface area contributed by atoms with E-state index in [1.54, 1.807) is 11.9 Å². The number of sulfonamides is 1. The Labute approximate surface area is 159 Å². The number of halogens is 1. The van der Waals surface area contributed by atoms with Crippen molar-refractivity contribution in [1.29, 1.82) is 0 Å². The van der Waals surface area contributed by atoms with Gasteiger partial charge in [-0.15, -0.1) is 12.4 Å². The summed E-state index contributed by atoms with van der Waals surface area (Å²) in [6.07, 6.45) is 3.44. The Morgan fingerprint density at radius 1 is 1.27 bits per heavy atom. The molecule has 1 heterocycles. The number of hydrogen-bond donors (Lipinski definition) is 2. The topological polar surface area (TPSA) is 110 Å². The molecule has 1 aromatic heterocycles. The van der Waals surface area contributed by atoms with Gasteiger partial charge in [-0.2, -0.15) is 0 Å².